The molecule has 0 aliphatic carbocycles. The van der Waals surface area contributed by atoms with Gasteiger partial charge >= 0.3 is 0 Å². The zero-order valence-electron chi connectivity index (χ0n) is 17.5. The summed E-state index contributed by atoms with van der Waals surface area (Å²) < 4.78 is 2.32. The van der Waals surface area contributed by atoms with Crippen molar-refractivity contribution in [3.05, 3.63) is 77.4 Å². The maximum Gasteiger partial charge on any atom is 0.169 e. The lowest BCUT2D eigenvalue weighted by molar-refractivity contribution is 0.367. The van der Waals surface area contributed by atoms with Gasteiger partial charge in [-0.25, -0.2) is 0 Å². The molecule has 3 aromatic rings. The first-order chi connectivity index (χ1) is 13.9. The first kappa shape index (κ1) is 19.5. The van der Waals surface area contributed by atoms with Crippen molar-refractivity contribution in [2.45, 2.75) is 25.9 Å². The lowest BCUT2D eigenvalue weighted by atomic mass is 9.97. The zero-order valence-corrected chi connectivity index (χ0v) is 18.4. The molecule has 3 heterocycles. The molecule has 5 nitrogen and oxygen atoms in total. The Balaban J connectivity index is 1.77. The van der Waals surface area contributed by atoms with E-state index in [-0.39, 0.29) is 12.1 Å². The van der Waals surface area contributed by atoms with Crippen LogP contribution in [0.5, 0.6) is 0 Å². The van der Waals surface area contributed by atoms with Gasteiger partial charge in [-0.05, 0) is 74.1 Å². The summed E-state index contributed by atoms with van der Waals surface area (Å²) in [6.45, 7) is 4.35. The molecule has 2 unspecified atom stereocenters. The minimum absolute atomic E-state index is 0.0266. The molecule has 1 fully saturated rings. The van der Waals surface area contributed by atoms with E-state index in [4.69, 9.17) is 12.2 Å². The first-order valence-electron chi connectivity index (χ1n) is 9.79. The Morgan fingerprint density at radius 1 is 1.07 bits per heavy atom. The van der Waals surface area contributed by atoms with E-state index in [1.165, 1.54) is 28.3 Å². The van der Waals surface area contributed by atoms with Gasteiger partial charge in [0.2, 0.25) is 0 Å². The average molecular weight is 406 g/mol. The van der Waals surface area contributed by atoms with E-state index in [1.807, 2.05) is 18.3 Å². The van der Waals surface area contributed by atoms with Crippen LogP contribution in [0.15, 0.2) is 54.7 Å². The summed E-state index contributed by atoms with van der Waals surface area (Å²) in [4.78, 5) is 8.85. The number of anilines is 1. The number of rotatable bonds is 4. The molecule has 0 saturated carbocycles. The molecule has 2 atom stereocenters. The van der Waals surface area contributed by atoms with Gasteiger partial charge in [-0.1, -0.05) is 6.07 Å². The summed E-state index contributed by atoms with van der Waals surface area (Å²) in [7, 11) is 6.17. The number of hydrogen-bond acceptors (Lipinski definition) is 3. The molecule has 1 aliphatic heterocycles. The highest BCUT2D eigenvalue weighted by molar-refractivity contribution is 7.80. The molecule has 150 valence electrons. The van der Waals surface area contributed by atoms with Gasteiger partial charge in [0.05, 0.1) is 17.8 Å². The molecule has 6 heteroatoms. The molecule has 29 heavy (non-hydrogen) atoms. The van der Waals surface area contributed by atoms with Crippen LogP contribution in [0.25, 0.3) is 5.69 Å². The summed E-state index contributed by atoms with van der Waals surface area (Å²) in [5.41, 5.74) is 7.07. The molecule has 1 aliphatic rings. The standard InChI is InChI=1S/C23H27N5S/c1-15-14-19(16(2)28(15)18-11-9-17(10-12-18)26(3)4)22-21(25-23(29)27(22)5)20-8-6-7-13-24-20/h6-14,21-22H,1-5H3,(H,25,29). The van der Waals surface area contributed by atoms with Crippen LogP contribution in [0.4, 0.5) is 5.69 Å². The lowest BCUT2D eigenvalue weighted by Gasteiger charge is -2.24. The molecule has 1 aromatic carbocycles. The normalized spacial score (nSPS) is 18.8. The van der Waals surface area contributed by atoms with Gasteiger partial charge in [-0.15, -0.1) is 0 Å². The maximum atomic E-state index is 5.59. The average Bonchev–Trinajstić information content (AvgIpc) is 3.17. The van der Waals surface area contributed by atoms with Crippen molar-refractivity contribution in [3.8, 4) is 5.69 Å². The second-order valence-corrected chi connectivity index (χ2v) is 8.20. The van der Waals surface area contributed by atoms with E-state index in [0.717, 1.165) is 10.8 Å². The number of thiocarbonyl (C=S) groups is 1. The molecule has 0 spiro atoms. The summed E-state index contributed by atoms with van der Waals surface area (Å²) in [6, 6.07) is 17.1. The highest BCUT2D eigenvalue weighted by Crippen LogP contribution is 2.40. The van der Waals surface area contributed by atoms with Crippen molar-refractivity contribution in [3.63, 3.8) is 0 Å². The number of hydrogen-bond donors (Lipinski definition) is 1. The SMILES string of the molecule is Cc1cc(C2C(c3ccccn3)NC(=S)N2C)c(C)n1-c1ccc(N(C)C)cc1. The Morgan fingerprint density at radius 2 is 1.79 bits per heavy atom. The number of aryl methyl sites for hydroxylation is 1. The van der Waals surface area contributed by atoms with E-state index >= 15 is 0 Å². The van der Waals surface area contributed by atoms with E-state index < -0.39 is 0 Å². The van der Waals surface area contributed by atoms with E-state index in [1.54, 1.807) is 0 Å². The summed E-state index contributed by atoms with van der Waals surface area (Å²) in [5, 5.41) is 4.22. The van der Waals surface area contributed by atoms with Crippen molar-refractivity contribution in [1.82, 2.24) is 19.8 Å². The zero-order chi connectivity index (χ0) is 20.7. The second-order valence-electron chi connectivity index (χ2n) is 7.81. The minimum Gasteiger partial charge on any atom is -0.378 e. The Morgan fingerprint density at radius 3 is 2.41 bits per heavy atom. The topological polar surface area (TPSA) is 36.3 Å². The van der Waals surface area contributed by atoms with Gasteiger partial charge in [0.25, 0.3) is 0 Å². The van der Waals surface area contributed by atoms with Gasteiger partial charge in [-0.3, -0.25) is 4.98 Å². The van der Waals surface area contributed by atoms with Crippen LogP contribution in [-0.4, -0.2) is 40.7 Å². The third kappa shape index (κ3) is 3.38. The van der Waals surface area contributed by atoms with E-state index in [0.29, 0.717) is 0 Å². The molecule has 4 rings (SSSR count). The fourth-order valence-electron chi connectivity index (χ4n) is 4.23. The van der Waals surface area contributed by atoms with Gasteiger partial charge in [-0.2, -0.15) is 0 Å². The van der Waals surface area contributed by atoms with Crippen LogP contribution in [0, 0.1) is 13.8 Å². The van der Waals surface area contributed by atoms with Gasteiger partial charge < -0.3 is 19.7 Å². The smallest absolute Gasteiger partial charge is 0.169 e. The molecular weight excluding hydrogens is 378 g/mol. The Kier molecular flexibility index (Phi) is 5.04. The van der Waals surface area contributed by atoms with Crippen molar-refractivity contribution in [2.24, 2.45) is 0 Å². The van der Waals surface area contributed by atoms with Crippen LogP contribution < -0.4 is 10.2 Å². The Hall–Kier alpha value is -2.86. The molecular formula is C23H27N5S. The number of pyridine rings is 1. The summed E-state index contributed by atoms with van der Waals surface area (Å²) >= 11 is 5.59. The molecule has 2 aromatic heterocycles. The van der Waals surface area contributed by atoms with Crippen molar-refractivity contribution >= 4 is 23.0 Å². The van der Waals surface area contributed by atoms with Crippen LogP contribution in [0.2, 0.25) is 0 Å². The van der Waals surface area contributed by atoms with E-state index in [9.17, 15) is 0 Å². The summed E-state index contributed by atoms with van der Waals surface area (Å²) in [6.07, 6.45) is 1.84. The Bertz CT molecular complexity index is 1020. The number of nitrogens with zero attached hydrogens (tertiary/aromatic N) is 4. The predicted octanol–water partition coefficient (Wildman–Crippen LogP) is 4.16. The van der Waals surface area contributed by atoms with Crippen molar-refractivity contribution in [1.29, 1.82) is 0 Å². The third-order valence-electron chi connectivity index (χ3n) is 5.75. The quantitative estimate of drug-likeness (QED) is 0.660. The van der Waals surface area contributed by atoms with Crippen LogP contribution >= 0.6 is 12.2 Å². The molecule has 1 N–H and O–H groups in total. The van der Waals surface area contributed by atoms with Gasteiger partial charge in [0.1, 0.15) is 0 Å². The third-order valence-corrected chi connectivity index (χ3v) is 6.16. The first-order valence-corrected chi connectivity index (χ1v) is 10.2. The molecule has 0 amide bonds. The van der Waals surface area contributed by atoms with Crippen LogP contribution in [-0.2, 0) is 0 Å². The molecule has 1 saturated heterocycles. The molecule has 0 radical (unpaired) electrons. The number of likely N-dealkylation sites (N-methyl/N-ethyl adjacent to an activating group) is 1. The predicted molar refractivity (Wildman–Crippen MR) is 123 cm³/mol. The largest absolute Gasteiger partial charge is 0.378 e. The highest BCUT2D eigenvalue weighted by Gasteiger charge is 2.39. The number of nitrogens with one attached hydrogen (secondary N) is 1. The number of aromatic nitrogens is 2. The number of benzene rings is 1. The van der Waals surface area contributed by atoms with Gasteiger partial charge in [0.15, 0.2) is 5.11 Å². The molecule has 0 bridgehead atoms. The highest BCUT2D eigenvalue weighted by atomic mass is 32.1. The fourth-order valence-corrected chi connectivity index (χ4v) is 4.47. The fraction of sp³-hybridized carbons (Fsp3) is 0.304. The second kappa shape index (κ2) is 7.52. The van der Waals surface area contributed by atoms with Gasteiger partial charge in [0, 0.05) is 50.1 Å². The minimum atomic E-state index is 0.0266. The summed E-state index contributed by atoms with van der Waals surface area (Å²) in [5.74, 6) is 0. The monoisotopic (exact) mass is 405 g/mol. The van der Waals surface area contributed by atoms with Crippen molar-refractivity contribution < 1.29 is 0 Å². The van der Waals surface area contributed by atoms with Crippen LogP contribution in [0.3, 0.4) is 0 Å². The van der Waals surface area contributed by atoms with Crippen molar-refractivity contribution in [2.75, 3.05) is 26.0 Å². The van der Waals surface area contributed by atoms with Crippen LogP contribution in [0.1, 0.15) is 34.7 Å². The lowest BCUT2D eigenvalue weighted by Crippen LogP contribution is -2.25. The van der Waals surface area contributed by atoms with E-state index in [2.05, 4.69) is 96.1 Å². The Labute approximate surface area is 178 Å². The maximum absolute atomic E-state index is 5.59.